The summed E-state index contributed by atoms with van der Waals surface area (Å²) in [6.07, 6.45) is 1.81. The van der Waals surface area contributed by atoms with Crippen LogP contribution in [0.5, 0.6) is 0 Å². The van der Waals surface area contributed by atoms with Crippen LogP contribution < -0.4 is 10.6 Å². The van der Waals surface area contributed by atoms with E-state index in [0.717, 1.165) is 17.7 Å². The Balaban J connectivity index is 2.10. The molecule has 1 heterocycles. The average Bonchev–Trinajstić information content (AvgIpc) is 2.72. The lowest BCUT2D eigenvalue weighted by Gasteiger charge is -2.22. The fourth-order valence-corrected chi connectivity index (χ4v) is 2.55. The van der Waals surface area contributed by atoms with Crippen LogP contribution in [0.3, 0.4) is 0 Å². The van der Waals surface area contributed by atoms with Gasteiger partial charge in [0.25, 0.3) is 5.91 Å². The maximum absolute atomic E-state index is 12.6. The molecule has 1 atom stereocenters. The number of carbonyl (C=O) groups is 3. The molecule has 1 aromatic rings. The summed E-state index contributed by atoms with van der Waals surface area (Å²) in [4.78, 5) is 37.5. The number of benzene rings is 1. The molecule has 1 aromatic carbocycles. The topological polar surface area (TPSA) is 78.5 Å². The molecule has 2 rings (SSSR count). The van der Waals surface area contributed by atoms with Crippen molar-refractivity contribution in [1.29, 1.82) is 0 Å². The zero-order chi connectivity index (χ0) is 17.0. The molecular formula is C16H20ClN3O3. The third-order valence-corrected chi connectivity index (χ3v) is 4.10. The van der Waals surface area contributed by atoms with Gasteiger partial charge in [-0.2, -0.15) is 0 Å². The van der Waals surface area contributed by atoms with Crippen LogP contribution in [0, 0.1) is 0 Å². The number of rotatable bonds is 6. The van der Waals surface area contributed by atoms with Crippen LogP contribution >= 0.6 is 11.6 Å². The first-order chi connectivity index (χ1) is 10.9. The van der Waals surface area contributed by atoms with Gasteiger partial charge < -0.3 is 10.6 Å². The lowest BCUT2D eigenvalue weighted by molar-refractivity contribution is -0.134. The van der Waals surface area contributed by atoms with Crippen LogP contribution in [0.2, 0.25) is 5.02 Å². The predicted octanol–water partition coefficient (Wildman–Crippen LogP) is 2.02. The highest BCUT2D eigenvalue weighted by Gasteiger charge is 2.49. The molecule has 6 nitrogen and oxygen atoms in total. The van der Waals surface area contributed by atoms with Crippen LogP contribution in [0.15, 0.2) is 24.3 Å². The second kappa shape index (κ2) is 7.00. The first-order valence-corrected chi connectivity index (χ1v) is 7.93. The molecule has 2 N–H and O–H groups in total. The van der Waals surface area contributed by atoms with Crippen LogP contribution in [-0.4, -0.2) is 35.8 Å². The number of carbonyl (C=O) groups excluding carboxylic acids is 3. The van der Waals surface area contributed by atoms with E-state index >= 15 is 0 Å². The van der Waals surface area contributed by atoms with Crippen molar-refractivity contribution in [3.8, 4) is 0 Å². The third-order valence-electron chi connectivity index (χ3n) is 3.85. The zero-order valence-electron chi connectivity index (χ0n) is 13.2. The summed E-state index contributed by atoms with van der Waals surface area (Å²) in [7, 11) is 0. The lowest BCUT2D eigenvalue weighted by atomic mass is 9.92. The fraction of sp³-hybridized carbons (Fsp3) is 0.438. The molecule has 0 bridgehead atoms. The molecule has 1 fully saturated rings. The van der Waals surface area contributed by atoms with Crippen molar-refractivity contribution in [2.75, 3.05) is 13.1 Å². The van der Waals surface area contributed by atoms with Crippen molar-refractivity contribution in [2.45, 2.75) is 32.2 Å². The molecule has 7 heteroatoms. The van der Waals surface area contributed by atoms with Gasteiger partial charge in [0.1, 0.15) is 12.1 Å². The van der Waals surface area contributed by atoms with Gasteiger partial charge >= 0.3 is 6.03 Å². The summed E-state index contributed by atoms with van der Waals surface area (Å²) in [5.41, 5.74) is -0.570. The van der Waals surface area contributed by atoms with Gasteiger partial charge in [-0.3, -0.25) is 14.5 Å². The number of urea groups is 1. The van der Waals surface area contributed by atoms with Crippen LogP contribution in [0.25, 0.3) is 0 Å². The molecule has 0 aromatic heterocycles. The minimum Gasteiger partial charge on any atom is -0.355 e. The number of unbranched alkanes of at least 4 members (excludes halogenated alkanes) is 1. The fourth-order valence-electron chi connectivity index (χ4n) is 2.42. The summed E-state index contributed by atoms with van der Waals surface area (Å²) in [5, 5.41) is 5.89. The lowest BCUT2D eigenvalue weighted by Crippen LogP contribution is -2.43. The highest BCUT2D eigenvalue weighted by molar-refractivity contribution is 6.30. The molecule has 124 valence electrons. The van der Waals surface area contributed by atoms with Crippen LogP contribution in [0.4, 0.5) is 4.79 Å². The molecule has 1 saturated heterocycles. The maximum Gasteiger partial charge on any atom is 0.325 e. The Hall–Kier alpha value is -2.08. The summed E-state index contributed by atoms with van der Waals surface area (Å²) in [6, 6.07) is 6.11. The van der Waals surface area contributed by atoms with E-state index < -0.39 is 17.5 Å². The molecule has 23 heavy (non-hydrogen) atoms. The molecule has 0 saturated carbocycles. The van der Waals surface area contributed by atoms with Gasteiger partial charge in [-0.1, -0.05) is 37.1 Å². The van der Waals surface area contributed by atoms with Gasteiger partial charge in [-0.05, 0) is 31.0 Å². The van der Waals surface area contributed by atoms with Crippen molar-refractivity contribution in [1.82, 2.24) is 15.5 Å². The Morgan fingerprint density at radius 2 is 1.96 bits per heavy atom. The predicted molar refractivity (Wildman–Crippen MR) is 87.0 cm³/mol. The Morgan fingerprint density at radius 3 is 2.57 bits per heavy atom. The number of imide groups is 1. The van der Waals surface area contributed by atoms with E-state index in [-0.39, 0.29) is 12.5 Å². The molecule has 0 spiro atoms. The van der Waals surface area contributed by atoms with Gasteiger partial charge in [0.05, 0.1) is 0 Å². The standard InChI is InChI=1S/C16H20ClN3O3/c1-3-4-9-18-13(21)10-20-14(22)16(2,19-15(20)23)11-5-7-12(17)8-6-11/h5-8H,3-4,9-10H2,1-2H3,(H,18,21)(H,19,23)/t16-/m1/s1. The smallest absolute Gasteiger partial charge is 0.325 e. The number of halogens is 1. The van der Waals surface area contributed by atoms with Gasteiger partial charge in [0.2, 0.25) is 5.91 Å². The summed E-state index contributed by atoms with van der Waals surface area (Å²) < 4.78 is 0. The molecule has 0 unspecified atom stereocenters. The number of nitrogens with one attached hydrogen (secondary N) is 2. The van der Waals surface area contributed by atoms with E-state index in [1.165, 1.54) is 0 Å². The SMILES string of the molecule is CCCCNC(=O)CN1C(=O)N[C@](C)(c2ccc(Cl)cc2)C1=O. The van der Waals surface area contributed by atoms with E-state index in [1.54, 1.807) is 31.2 Å². The van der Waals surface area contributed by atoms with Gasteiger partial charge in [0, 0.05) is 11.6 Å². The summed E-state index contributed by atoms with van der Waals surface area (Å²) >= 11 is 5.85. The van der Waals surface area contributed by atoms with E-state index in [9.17, 15) is 14.4 Å². The minimum atomic E-state index is -1.19. The van der Waals surface area contributed by atoms with Crippen molar-refractivity contribution in [2.24, 2.45) is 0 Å². The number of nitrogens with zero attached hydrogens (tertiary/aromatic N) is 1. The van der Waals surface area contributed by atoms with E-state index in [2.05, 4.69) is 10.6 Å². The first kappa shape index (κ1) is 17.3. The highest BCUT2D eigenvalue weighted by atomic mass is 35.5. The molecule has 0 radical (unpaired) electrons. The zero-order valence-corrected chi connectivity index (χ0v) is 13.9. The minimum absolute atomic E-state index is 0.280. The van der Waals surface area contributed by atoms with Gasteiger partial charge in [-0.25, -0.2) is 4.79 Å². The second-order valence-electron chi connectivity index (χ2n) is 5.66. The Bertz CT molecular complexity index is 618. The number of hydrogen-bond acceptors (Lipinski definition) is 3. The van der Waals surface area contributed by atoms with Crippen molar-refractivity contribution >= 4 is 29.4 Å². The second-order valence-corrected chi connectivity index (χ2v) is 6.09. The Kier molecular flexibility index (Phi) is 5.26. The third kappa shape index (κ3) is 3.64. The molecule has 1 aliphatic rings. The summed E-state index contributed by atoms with van der Waals surface area (Å²) in [6.45, 7) is 3.89. The van der Waals surface area contributed by atoms with Crippen LogP contribution in [0.1, 0.15) is 32.3 Å². The van der Waals surface area contributed by atoms with Crippen molar-refractivity contribution < 1.29 is 14.4 Å². The Labute approximate surface area is 140 Å². The van der Waals surface area contributed by atoms with Crippen LogP contribution in [-0.2, 0) is 15.1 Å². The number of hydrogen-bond donors (Lipinski definition) is 2. The molecule has 4 amide bonds. The monoisotopic (exact) mass is 337 g/mol. The summed E-state index contributed by atoms with van der Waals surface area (Å²) in [5.74, 6) is -0.794. The largest absolute Gasteiger partial charge is 0.355 e. The van der Waals surface area contributed by atoms with Crippen molar-refractivity contribution in [3.05, 3.63) is 34.9 Å². The molecular weight excluding hydrogens is 318 g/mol. The maximum atomic E-state index is 12.6. The Morgan fingerprint density at radius 1 is 1.30 bits per heavy atom. The molecule has 1 aliphatic heterocycles. The van der Waals surface area contributed by atoms with Gasteiger partial charge in [0.15, 0.2) is 0 Å². The van der Waals surface area contributed by atoms with Crippen molar-refractivity contribution in [3.63, 3.8) is 0 Å². The van der Waals surface area contributed by atoms with E-state index in [1.807, 2.05) is 6.92 Å². The van der Waals surface area contributed by atoms with E-state index in [4.69, 9.17) is 11.6 Å². The first-order valence-electron chi connectivity index (χ1n) is 7.55. The quantitative estimate of drug-likeness (QED) is 0.615. The highest BCUT2D eigenvalue weighted by Crippen LogP contribution is 2.29. The van der Waals surface area contributed by atoms with E-state index in [0.29, 0.717) is 17.1 Å². The molecule has 0 aliphatic carbocycles. The normalized spacial score (nSPS) is 20.6. The van der Waals surface area contributed by atoms with Gasteiger partial charge in [-0.15, -0.1) is 0 Å². The number of amides is 4. The average molecular weight is 338 g/mol.